The van der Waals surface area contributed by atoms with Crippen molar-refractivity contribution in [2.24, 2.45) is 0 Å². The number of rotatable bonds is 6. The average molecular weight is 303 g/mol. The number of amides is 1. The van der Waals surface area contributed by atoms with Crippen LogP contribution in [0, 0.1) is 0 Å². The molecule has 22 heavy (non-hydrogen) atoms. The van der Waals surface area contributed by atoms with Gasteiger partial charge in [0.15, 0.2) is 6.61 Å². The molecular formula is C18H25NO3. The van der Waals surface area contributed by atoms with E-state index < -0.39 is 0 Å². The smallest absolute Gasteiger partial charge is 0.313 e. The van der Waals surface area contributed by atoms with Gasteiger partial charge < -0.3 is 10.1 Å². The van der Waals surface area contributed by atoms with Crippen LogP contribution in [0.25, 0.3) is 0 Å². The molecule has 4 heteroatoms. The molecule has 0 heterocycles. The summed E-state index contributed by atoms with van der Waals surface area (Å²) in [5.74, 6) is -0.820. The quantitative estimate of drug-likeness (QED) is 0.821. The van der Waals surface area contributed by atoms with E-state index in [9.17, 15) is 9.59 Å². The third-order valence-electron chi connectivity index (χ3n) is 4.21. The van der Waals surface area contributed by atoms with Crippen LogP contribution >= 0.6 is 0 Å². The van der Waals surface area contributed by atoms with Gasteiger partial charge in [0.2, 0.25) is 0 Å². The van der Waals surface area contributed by atoms with E-state index in [0.717, 1.165) is 31.2 Å². The third-order valence-corrected chi connectivity index (χ3v) is 4.21. The zero-order valence-corrected chi connectivity index (χ0v) is 13.2. The van der Waals surface area contributed by atoms with Crippen molar-refractivity contribution >= 4 is 11.9 Å². The van der Waals surface area contributed by atoms with Gasteiger partial charge in [0.25, 0.3) is 5.91 Å². The molecule has 0 aliphatic heterocycles. The highest BCUT2D eigenvalue weighted by molar-refractivity contribution is 5.83. The van der Waals surface area contributed by atoms with Crippen molar-refractivity contribution < 1.29 is 14.3 Å². The molecular weight excluding hydrogens is 278 g/mol. The second kappa shape index (κ2) is 8.57. The van der Waals surface area contributed by atoms with Crippen molar-refractivity contribution in [1.29, 1.82) is 0 Å². The summed E-state index contributed by atoms with van der Waals surface area (Å²) in [5.41, 5.74) is 0.933. The zero-order valence-electron chi connectivity index (χ0n) is 13.2. The molecule has 0 unspecified atom stereocenters. The highest BCUT2D eigenvalue weighted by Gasteiger charge is 2.22. The van der Waals surface area contributed by atoms with E-state index in [1.165, 1.54) is 6.42 Å². The Morgan fingerprint density at radius 2 is 1.86 bits per heavy atom. The Hall–Kier alpha value is -1.84. The zero-order chi connectivity index (χ0) is 15.8. The normalized spacial score (nSPS) is 16.8. The molecule has 1 N–H and O–H groups in total. The lowest BCUT2D eigenvalue weighted by atomic mass is 9.95. The molecule has 1 amide bonds. The second-order valence-corrected chi connectivity index (χ2v) is 5.88. The summed E-state index contributed by atoms with van der Waals surface area (Å²) in [6.07, 6.45) is 6.29. The lowest BCUT2D eigenvalue weighted by molar-refractivity contribution is -0.150. The number of carbonyl (C=O) groups is 2. The van der Waals surface area contributed by atoms with Gasteiger partial charge in [0.05, 0.1) is 5.92 Å². The minimum absolute atomic E-state index is 0.182. The van der Waals surface area contributed by atoms with Gasteiger partial charge >= 0.3 is 5.97 Å². The van der Waals surface area contributed by atoms with E-state index in [2.05, 4.69) is 5.32 Å². The number of hydrogen-bond donors (Lipinski definition) is 1. The Labute approximate surface area is 132 Å². The van der Waals surface area contributed by atoms with Gasteiger partial charge in [-0.25, -0.2) is 0 Å². The van der Waals surface area contributed by atoms with Crippen LogP contribution in [-0.2, 0) is 14.3 Å². The van der Waals surface area contributed by atoms with Crippen LogP contribution < -0.4 is 5.32 Å². The molecule has 0 spiro atoms. The van der Waals surface area contributed by atoms with Crippen LogP contribution in [0.5, 0.6) is 0 Å². The fourth-order valence-electron chi connectivity index (χ4n) is 2.98. The molecule has 1 aromatic carbocycles. The van der Waals surface area contributed by atoms with Crippen molar-refractivity contribution in [2.75, 3.05) is 6.61 Å². The molecule has 120 valence electrons. The number of ether oxygens (including phenoxy) is 1. The molecule has 0 saturated heterocycles. The van der Waals surface area contributed by atoms with Crippen LogP contribution in [0.4, 0.5) is 0 Å². The van der Waals surface area contributed by atoms with Gasteiger partial charge in [-0.15, -0.1) is 0 Å². The first kappa shape index (κ1) is 16.5. The Bertz CT molecular complexity index is 480. The third kappa shape index (κ3) is 4.86. The Kier molecular flexibility index (Phi) is 6.44. The van der Waals surface area contributed by atoms with E-state index in [-0.39, 0.29) is 30.4 Å². The van der Waals surface area contributed by atoms with E-state index in [4.69, 9.17) is 4.74 Å². The number of hydrogen-bond acceptors (Lipinski definition) is 3. The topological polar surface area (TPSA) is 55.4 Å². The minimum atomic E-state index is -0.326. The molecule has 0 bridgehead atoms. The minimum Gasteiger partial charge on any atom is -0.455 e. The molecule has 4 nitrogen and oxygen atoms in total. The Balaban J connectivity index is 1.79. The number of carbonyl (C=O) groups excluding carboxylic acids is 2. The summed E-state index contributed by atoms with van der Waals surface area (Å²) in [6, 6.07) is 9.80. The molecule has 1 aliphatic rings. The van der Waals surface area contributed by atoms with Gasteiger partial charge in [-0.1, -0.05) is 56.5 Å². The number of benzene rings is 1. The summed E-state index contributed by atoms with van der Waals surface area (Å²) in [5, 5.41) is 2.95. The van der Waals surface area contributed by atoms with E-state index >= 15 is 0 Å². The lowest BCUT2D eigenvalue weighted by Crippen LogP contribution is -2.39. The second-order valence-electron chi connectivity index (χ2n) is 5.88. The molecule has 1 fully saturated rings. The number of esters is 1. The lowest BCUT2D eigenvalue weighted by Gasteiger charge is -2.22. The summed E-state index contributed by atoms with van der Waals surface area (Å²) >= 11 is 0. The highest BCUT2D eigenvalue weighted by atomic mass is 16.5. The van der Waals surface area contributed by atoms with Crippen LogP contribution in [0.1, 0.15) is 56.9 Å². The first-order chi connectivity index (χ1) is 10.7. The predicted octanol–water partition coefficient (Wildman–Crippen LogP) is 3.17. The van der Waals surface area contributed by atoms with Gasteiger partial charge in [-0.3, -0.25) is 9.59 Å². The molecule has 1 aliphatic carbocycles. The fraction of sp³-hybridized carbons (Fsp3) is 0.556. The van der Waals surface area contributed by atoms with Crippen molar-refractivity contribution in [3.05, 3.63) is 35.9 Å². The average Bonchev–Trinajstić information content (AvgIpc) is 2.55. The standard InChI is InChI=1S/C18H25NO3/c1-2-16(14-9-5-3-6-10-14)18(21)22-13-17(20)19-15-11-7-4-8-12-15/h3,5-6,9-10,15-16H,2,4,7-8,11-13H2,1H3,(H,19,20)/t16-/m0/s1. The molecule has 0 aromatic heterocycles. The monoisotopic (exact) mass is 303 g/mol. The van der Waals surface area contributed by atoms with E-state index in [1.807, 2.05) is 37.3 Å². The summed E-state index contributed by atoms with van der Waals surface area (Å²) in [7, 11) is 0. The van der Waals surface area contributed by atoms with Crippen LogP contribution in [-0.4, -0.2) is 24.5 Å². The summed E-state index contributed by atoms with van der Waals surface area (Å²) in [4.78, 5) is 24.0. The van der Waals surface area contributed by atoms with Crippen LogP contribution in [0.15, 0.2) is 30.3 Å². The fourth-order valence-corrected chi connectivity index (χ4v) is 2.98. The molecule has 1 atom stereocenters. The summed E-state index contributed by atoms with van der Waals surface area (Å²) in [6.45, 7) is 1.76. The number of nitrogens with one attached hydrogen (secondary N) is 1. The van der Waals surface area contributed by atoms with Crippen molar-refractivity contribution in [2.45, 2.75) is 57.4 Å². The van der Waals surface area contributed by atoms with Crippen molar-refractivity contribution in [1.82, 2.24) is 5.32 Å². The Morgan fingerprint density at radius 1 is 1.18 bits per heavy atom. The maximum absolute atomic E-state index is 12.2. The van der Waals surface area contributed by atoms with Gasteiger partial charge in [-0.05, 0) is 24.8 Å². The largest absolute Gasteiger partial charge is 0.455 e. The van der Waals surface area contributed by atoms with Gasteiger partial charge in [-0.2, -0.15) is 0 Å². The SMILES string of the molecule is CC[C@H](C(=O)OCC(=O)NC1CCCCC1)c1ccccc1. The van der Waals surface area contributed by atoms with E-state index in [1.54, 1.807) is 0 Å². The van der Waals surface area contributed by atoms with Crippen LogP contribution in [0.2, 0.25) is 0 Å². The van der Waals surface area contributed by atoms with Crippen molar-refractivity contribution in [3.63, 3.8) is 0 Å². The van der Waals surface area contributed by atoms with Gasteiger partial charge in [0.1, 0.15) is 0 Å². The maximum Gasteiger partial charge on any atom is 0.313 e. The summed E-state index contributed by atoms with van der Waals surface area (Å²) < 4.78 is 5.20. The van der Waals surface area contributed by atoms with Crippen molar-refractivity contribution in [3.8, 4) is 0 Å². The highest BCUT2D eigenvalue weighted by Crippen LogP contribution is 2.21. The first-order valence-electron chi connectivity index (χ1n) is 8.21. The Morgan fingerprint density at radius 3 is 2.50 bits per heavy atom. The van der Waals surface area contributed by atoms with Gasteiger partial charge in [0, 0.05) is 6.04 Å². The molecule has 0 radical (unpaired) electrons. The molecule has 2 rings (SSSR count). The van der Waals surface area contributed by atoms with E-state index in [0.29, 0.717) is 6.42 Å². The molecule has 1 aromatic rings. The maximum atomic E-state index is 12.2. The molecule has 1 saturated carbocycles. The first-order valence-corrected chi connectivity index (χ1v) is 8.21. The predicted molar refractivity (Wildman–Crippen MR) is 85.4 cm³/mol. The van der Waals surface area contributed by atoms with Crippen LogP contribution in [0.3, 0.4) is 0 Å².